The number of carbonyl (C=O) groups excluding carboxylic acids is 2. The van der Waals surface area contributed by atoms with Crippen molar-refractivity contribution in [2.75, 3.05) is 6.54 Å². The maximum Gasteiger partial charge on any atom is 0.223 e. The topological polar surface area (TPSA) is 78.4 Å². The molecule has 2 amide bonds. The van der Waals surface area contributed by atoms with Crippen LogP contribution in [-0.4, -0.2) is 35.6 Å². The Balaban J connectivity index is 2.19. The zero-order chi connectivity index (χ0) is 16.5. The highest BCUT2D eigenvalue weighted by Crippen LogP contribution is 2.23. The van der Waals surface area contributed by atoms with Crippen LogP contribution in [0.3, 0.4) is 0 Å². The summed E-state index contributed by atoms with van der Waals surface area (Å²) in [5.41, 5.74) is 0. The molecule has 0 aliphatic heterocycles. The van der Waals surface area contributed by atoms with Gasteiger partial charge in [-0.25, -0.2) is 0 Å². The number of amides is 2. The van der Waals surface area contributed by atoms with Gasteiger partial charge in [0.15, 0.2) is 0 Å². The van der Waals surface area contributed by atoms with Crippen molar-refractivity contribution in [2.45, 2.75) is 77.9 Å². The van der Waals surface area contributed by atoms with Gasteiger partial charge in [-0.05, 0) is 32.1 Å². The van der Waals surface area contributed by atoms with Gasteiger partial charge >= 0.3 is 0 Å². The van der Waals surface area contributed by atoms with Crippen LogP contribution >= 0.6 is 0 Å². The summed E-state index contributed by atoms with van der Waals surface area (Å²) in [7, 11) is 0. The van der Waals surface area contributed by atoms with Crippen molar-refractivity contribution in [1.29, 1.82) is 0 Å². The first-order valence-corrected chi connectivity index (χ1v) is 8.65. The number of aliphatic hydroxyl groups excluding tert-OH is 1. The van der Waals surface area contributed by atoms with Crippen molar-refractivity contribution >= 4 is 11.8 Å². The zero-order valence-corrected chi connectivity index (χ0v) is 14.2. The van der Waals surface area contributed by atoms with E-state index in [-0.39, 0.29) is 42.2 Å². The fraction of sp³-hybridized carbons (Fsp3) is 0.882. The van der Waals surface area contributed by atoms with Crippen molar-refractivity contribution in [3.63, 3.8) is 0 Å². The first-order valence-electron chi connectivity index (χ1n) is 8.65. The van der Waals surface area contributed by atoms with Crippen molar-refractivity contribution < 1.29 is 14.7 Å². The first kappa shape index (κ1) is 18.9. The minimum absolute atomic E-state index is 0.0765. The quantitative estimate of drug-likeness (QED) is 0.641. The van der Waals surface area contributed by atoms with Crippen molar-refractivity contribution in [1.82, 2.24) is 10.6 Å². The summed E-state index contributed by atoms with van der Waals surface area (Å²) in [6, 6.07) is -0.149. The Bertz CT molecular complexity index is 352. The smallest absolute Gasteiger partial charge is 0.223 e. The predicted octanol–water partition coefficient (Wildman–Crippen LogP) is 1.98. The molecule has 3 N–H and O–H groups in total. The van der Waals surface area contributed by atoms with Crippen LogP contribution in [0.1, 0.15) is 65.7 Å². The van der Waals surface area contributed by atoms with Gasteiger partial charge in [-0.2, -0.15) is 0 Å². The summed E-state index contributed by atoms with van der Waals surface area (Å²) < 4.78 is 0. The van der Waals surface area contributed by atoms with E-state index >= 15 is 0 Å². The zero-order valence-electron chi connectivity index (χ0n) is 14.2. The second-order valence-corrected chi connectivity index (χ2v) is 6.90. The molecule has 0 aromatic heterocycles. The SMILES string of the molecule is CC(CC(=O)NCCC(O)C(C)C)NC(=O)C1CCCCC1. The molecule has 5 nitrogen and oxygen atoms in total. The molecule has 5 heteroatoms. The Labute approximate surface area is 134 Å². The van der Waals surface area contributed by atoms with E-state index in [0.717, 1.165) is 25.7 Å². The van der Waals surface area contributed by atoms with Crippen LogP contribution < -0.4 is 10.6 Å². The molecule has 0 saturated heterocycles. The Morgan fingerprint density at radius 3 is 2.36 bits per heavy atom. The first-order chi connectivity index (χ1) is 10.4. The van der Waals surface area contributed by atoms with Crippen LogP contribution in [0.5, 0.6) is 0 Å². The lowest BCUT2D eigenvalue weighted by Crippen LogP contribution is -2.41. The second kappa shape index (κ2) is 9.82. The van der Waals surface area contributed by atoms with E-state index in [1.807, 2.05) is 20.8 Å². The maximum absolute atomic E-state index is 12.1. The molecule has 0 spiro atoms. The standard InChI is InChI=1S/C17H32N2O3/c1-12(2)15(20)9-10-18-16(21)11-13(3)19-17(22)14-7-5-4-6-8-14/h12-15,20H,4-11H2,1-3H3,(H,18,21)(H,19,22). The highest BCUT2D eigenvalue weighted by molar-refractivity contribution is 5.81. The molecular weight excluding hydrogens is 280 g/mol. The number of carbonyl (C=O) groups is 2. The third kappa shape index (κ3) is 7.25. The molecule has 128 valence electrons. The van der Waals surface area contributed by atoms with Gasteiger partial charge in [-0.15, -0.1) is 0 Å². The summed E-state index contributed by atoms with van der Waals surface area (Å²) in [6.45, 7) is 6.25. The number of aliphatic hydroxyl groups is 1. The van der Waals surface area contributed by atoms with Gasteiger partial charge in [0, 0.05) is 24.9 Å². The van der Waals surface area contributed by atoms with Gasteiger partial charge in [-0.1, -0.05) is 33.1 Å². The third-order valence-electron chi connectivity index (χ3n) is 4.39. The third-order valence-corrected chi connectivity index (χ3v) is 4.39. The van der Waals surface area contributed by atoms with Gasteiger partial charge < -0.3 is 15.7 Å². The van der Waals surface area contributed by atoms with Crippen LogP contribution in [0.25, 0.3) is 0 Å². The van der Waals surface area contributed by atoms with Crippen molar-refractivity contribution in [2.24, 2.45) is 11.8 Å². The molecule has 1 aliphatic carbocycles. The average molecular weight is 312 g/mol. The number of rotatable bonds is 8. The van der Waals surface area contributed by atoms with Gasteiger partial charge in [0.05, 0.1) is 6.10 Å². The minimum Gasteiger partial charge on any atom is -0.393 e. The predicted molar refractivity (Wildman–Crippen MR) is 87.3 cm³/mol. The van der Waals surface area contributed by atoms with Gasteiger partial charge in [0.2, 0.25) is 11.8 Å². The molecule has 1 fully saturated rings. The lowest BCUT2D eigenvalue weighted by molar-refractivity contribution is -0.127. The molecule has 0 bridgehead atoms. The van der Waals surface area contributed by atoms with Crippen LogP contribution in [0.15, 0.2) is 0 Å². The molecular formula is C17H32N2O3. The molecule has 0 aromatic rings. The fourth-order valence-electron chi connectivity index (χ4n) is 2.82. The number of hydrogen-bond acceptors (Lipinski definition) is 3. The number of nitrogens with one attached hydrogen (secondary N) is 2. The van der Waals surface area contributed by atoms with E-state index in [4.69, 9.17) is 0 Å². The molecule has 22 heavy (non-hydrogen) atoms. The second-order valence-electron chi connectivity index (χ2n) is 6.90. The van der Waals surface area contributed by atoms with Gasteiger partial charge in [-0.3, -0.25) is 9.59 Å². The Morgan fingerprint density at radius 1 is 1.14 bits per heavy atom. The molecule has 1 aliphatic rings. The normalized spacial score (nSPS) is 18.8. The molecule has 0 radical (unpaired) electrons. The lowest BCUT2D eigenvalue weighted by atomic mass is 9.88. The lowest BCUT2D eigenvalue weighted by Gasteiger charge is -2.23. The Kier molecular flexibility index (Phi) is 8.46. The summed E-state index contributed by atoms with van der Waals surface area (Å²) in [4.78, 5) is 23.9. The monoisotopic (exact) mass is 312 g/mol. The highest BCUT2D eigenvalue weighted by Gasteiger charge is 2.22. The van der Waals surface area contributed by atoms with Crippen LogP contribution in [0, 0.1) is 11.8 Å². The summed E-state index contributed by atoms with van der Waals surface area (Å²) >= 11 is 0. The summed E-state index contributed by atoms with van der Waals surface area (Å²) in [6.07, 6.45) is 5.89. The maximum atomic E-state index is 12.1. The Morgan fingerprint density at radius 2 is 1.77 bits per heavy atom. The van der Waals surface area contributed by atoms with E-state index in [2.05, 4.69) is 10.6 Å². The van der Waals surface area contributed by atoms with Crippen LogP contribution in [-0.2, 0) is 9.59 Å². The fourth-order valence-corrected chi connectivity index (χ4v) is 2.82. The molecule has 2 unspecified atom stereocenters. The summed E-state index contributed by atoms with van der Waals surface area (Å²) in [5, 5.41) is 15.4. The number of hydrogen-bond donors (Lipinski definition) is 3. The van der Waals surface area contributed by atoms with Crippen molar-refractivity contribution in [3.8, 4) is 0 Å². The van der Waals surface area contributed by atoms with E-state index < -0.39 is 0 Å². The van der Waals surface area contributed by atoms with Crippen LogP contribution in [0.4, 0.5) is 0 Å². The molecule has 2 atom stereocenters. The van der Waals surface area contributed by atoms with Gasteiger partial charge in [0.1, 0.15) is 0 Å². The largest absolute Gasteiger partial charge is 0.393 e. The van der Waals surface area contributed by atoms with E-state index in [1.165, 1.54) is 6.42 Å². The minimum atomic E-state index is -0.385. The highest BCUT2D eigenvalue weighted by atomic mass is 16.3. The molecule has 0 aromatic carbocycles. The van der Waals surface area contributed by atoms with E-state index in [1.54, 1.807) is 0 Å². The Hall–Kier alpha value is -1.10. The molecule has 1 saturated carbocycles. The van der Waals surface area contributed by atoms with Gasteiger partial charge in [0.25, 0.3) is 0 Å². The average Bonchev–Trinajstić information content (AvgIpc) is 2.47. The molecule has 0 heterocycles. The van der Waals surface area contributed by atoms with Crippen molar-refractivity contribution in [3.05, 3.63) is 0 Å². The van der Waals surface area contributed by atoms with E-state index in [0.29, 0.717) is 13.0 Å². The van der Waals surface area contributed by atoms with E-state index in [9.17, 15) is 14.7 Å². The molecule has 1 rings (SSSR count). The summed E-state index contributed by atoms with van der Waals surface area (Å²) in [5.74, 6) is 0.341. The van der Waals surface area contributed by atoms with Crippen LogP contribution in [0.2, 0.25) is 0 Å².